The Labute approximate surface area is 177 Å². The molecule has 0 aliphatic rings. The minimum Gasteiger partial charge on any atom is -0.505 e. The van der Waals surface area contributed by atoms with E-state index in [1.807, 2.05) is 35.7 Å². The van der Waals surface area contributed by atoms with E-state index in [-0.39, 0.29) is 5.69 Å². The van der Waals surface area contributed by atoms with Crippen molar-refractivity contribution in [2.75, 3.05) is 5.32 Å². The van der Waals surface area contributed by atoms with E-state index in [0.717, 1.165) is 26.5 Å². The highest BCUT2D eigenvalue weighted by Crippen LogP contribution is 2.25. The van der Waals surface area contributed by atoms with Crippen LogP contribution in [0, 0.1) is 0 Å². The molecule has 0 atom stereocenters. The van der Waals surface area contributed by atoms with Crippen molar-refractivity contribution in [2.24, 2.45) is 0 Å². The number of amides is 1. The van der Waals surface area contributed by atoms with E-state index < -0.39 is 17.2 Å². The summed E-state index contributed by atoms with van der Waals surface area (Å²) in [5.41, 5.74) is 1.29. The van der Waals surface area contributed by atoms with E-state index >= 15 is 0 Å². The van der Waals surface area contributed by atoms with Gasteiger partial charge in [-0.25, -0.2) is 4.98 Å². The highest BCUT2D eigenvalue weighted by molar-refractivity contribution is 9.10. The molecule has 9 heteroatoms. The number of rotatable bonds is 4. The standard InChI is InChI=1S/C20H13BrN4O3S/c21-13-6-8-14(9-7-13)25-17(27)10-16(26)18(24-25)19(28)23-20-22-15(11-29-20)12-4-2-1-3-5-12/h1-11,26H,(H,22,23,28). The first-order valence-electron chi connectivity index (χ1n) is 8.43. The molecular formula is C20H13BrN4O3S. The van der Waals surface area contributed by atoms with Gasteiger partial charge in [-0.15, -0.1) is 11.3 Å². The lowest BCUT2D eigenvalue weighted by Crippen LogP contribution is -2.25. The highest BCUT2D eigenvalue weighted by Gasteiger charge is 2.18. The first-order chi connectivity index (χ1) is 14.0. The maximum Gasteiger partial charge on any atom is 0.281 e. The summed E-state index contributed by atoms with van der Waals surface area (Å²) in [5.74, 6) is -1.16. The molecule has 2 N–H and O–H groups in total. The van der Waals surface area contributed by atoms with Gasteiger partial charge in [-0.1, -0.05) is 46.3 Å². The van der Waals surface area contributed by atoms with Gasteiger partial charge in [0, 0.05) is 21.5 Å². The van der Waals surface area contributed by atoms with Crippen LogP contribution in [0.15, 0.2) is 75.3 Å². The van der Waals surface area contributed by atoms with Gasteiger partial charge in [0.1, 0.15) is 0 Å². The Morgan fingerprint density at radius 3 is 2.55 bits per heavy atom. The van der Waals surface area contributed by atoms with Crippen molar-refractivity contribution in [3.8, 4) is 22.7 Å². The first kappa shape index (κ1) is 19.0. The quantitative estimate of drug-likeness (QED) is 0.470. The summed E-state index contributed by atoms with van der Waals surface area (Å²) >= 11 is 4.58. The molecular weight excluding hydrogens is 456 g/mol. The fourth-order valence-corrected chi connectivity index (χ4v) is 3.58. The van der Waals surface area contributed by atoms with Crippen LogP contribution in [0.1, 0.15) is 10.5 Å². The fraction of sp³-hybridized carbons (Fsp3) is 0. The summed E-state index contributed by atoms with van der Waals surface area (Å²) < 4.78 is 1.89. The molecule has 4 aromatic rings. The molecule has 4 rings (SSSR count). The minimum atomic E-state index is -0.665. The minimum absolute atomic E-state index is 0.274. The number of anilines is 1. The van der Waals surface area contributed by atoms with Gasteiger partial charge in [0.15, 0.2) is 16.6 Å². The lowest BCUT2D eigenvalue weighted by molar-refractivity contribution is 0.101. The van der Waals surface area contributed by atoms with Crippen LogP contribution in [0.3, 0.4) is 0 Å². The predicted molar refractivity (Wildman–Crippen MR) is 115 cm³/mol. The van der Waals surface area contributed by atoms with Crippen LogP contribution >= 0.6 is 27.3 Å². The monoisotopic (exact) mass is 468 g/mol. The van der Waals surface area contributed by atoms with E-state index in [2.05, 4.69) is 31.3 Å². The Morgan fingerprint density at radius 1 is 1.10 bits per heavy atom. The first-order valence-corrected chi connectivity index (χ1v) is 10.1. The van der Waals surface area contributed by atoms with Crippen LogP contribution < -0.4 is 10.9 Å². The van der Waals surface area contributed by atoms with Crippen molar-refractivity contribution in [2.45, 2.75) is 0 Å². The van der Waals surface area contributed by atoms with Gasteiger partial charge in [-0.3, -0.25) is 14.9 Å². The topological polar surface area (TPSA) is 97.1 Å². The molecule has 0 saturated heterocycles. The lowest BCUT2D eigenvalue weighted by Gasteiger charge is -2.08. The van der Waals surface area contributed by atoms with E-state index in [4.69, 9.17) is 0 Å². The van der Waals surface area contributed by atoms with Gasteiger partial charge in [-0.05, 0) is 24.3 Å². The van der Waals surface area contributed by atoms with E-state index in [1.165, 1.54) is 11.3 Å². The lowest BCUT2D eigenvalue weighted by atomic mass is 10.2. The average molecular weight is 469 g/mol. The maximum absolute atomic E-state index is 12.6. The van der Waals surface area contributed by atoms with Crippen molar-refractivity contribution in [1.82, 2.24) is 14.8 Å². The molecule has 0 aliphatic heterocycles. The maximum atomic E-state index is 12.6. The molecule has 0 unspecified atom stereocenters. The Bertz CT molecular complexity index is 1240. The third kappa shape index (κ3) is 4.10. The van der Waals surface area contributed by atoms with Crippen molar-refractivity contribution >= 4 is 38.3 Å². The number of halogens is 1. The fourth-order valence-electron chi connectivity index (χ4n) is 2.60. The zero-order chi connectivity index (χ0) is 20.4. The van der Waals surface area contributed by atoms with Crippen molar-refractivity contribution in [3.63, 3.8) is 0 Å². The van der Waals surface area contributed by atoms with Gasteiger partial charge in [0.25, 0.3) is 11.5 Å². The summed E-state index contributed by atoms with van der Waals surface area (Å²) in [6.07, 6.45) is 0. The van der Waals surface area contributed by atoms with Crippen molar-refractivity contribution < 1.29 is 9.90 Å². The second kappa shape index (κ2) is 7.98. The van der Waals surface area contributed by atoms with Gasteiger partial charge < -0.3 is 5.11 Å². The SMILES string of the molecule is O=C(Nc1nc(-c2ccccc2)cs1)c1nn(-c2ccc(Br)cc2)c(=O)cc1O. The average Bonchev–Trinajstić information content (AvgIpc) is 3.18. The number of benzene rings is 2. The number of thiazole rings is 1. The normalized spacial score (nSPS) is 10.7. The highest BCUT2D eigenvalue weighted by atomic mass is 79.9. The number of aromatic hydroxyl groups is 1. The molecule has 29 heavy (non-hydrogen) atoms. The molecule has 0 spiro atoms. The predicted octanol–water partition coefficient (Wildman–Crippen LogP) is 4.08. The molecule has 0 bridgehead atoms. The number of carbonyl (C=O) groups is 1. The Morgan fingerprint density at radius 2 is 1.83 bits per heavy atom. The third-order valence-corrected chi connectivity index (χ3v) is 5.28. The zero-order valence-corrected chi connectivity index (χ0v) is 17.1. The van der Waals surface area contributed by atoms with Crippen molar-refractivity contribution in [3.05, 3.63) is 86.6 Å². The van der Waals surface area contributed by atoms with Gasteiger partial charge in [-0.2, -0.15) is 9.78 Å². The third-order valence-electron chi connectivity index (χ3n) is 3.99. The zero-order valence-electron chi connectivity index (χ0n) is 14.7. The summed E-state index contributed by atoms with van der Waals surface area (Å²) in [7, 11) is 0. The number of nitrogens with zero attached hydrogens (tertiary/aromatic N) is 3. The number of aromatic nitrogens is 3. The van der Waals surface area contributed by atoms with Gasteiger partial charge in [0.05, 0.1) is 11.4 Å². The largest absolute Gasteiger partial charge is 0.505 e. The van der Waals surface area contributed by atoms with Crippen LogP contribution in [0.2, 0.25) is 0 Å². The molecule has 0 aliphatic carbocycles. The number of hydrogen-bond acceptors (Lipinski definition) is 6. The van der Waals surface area contributed by atoms with Crippen LogP contribution in [-0.4, -0.2) is 25.8 Å². The number of nitrogens with one attached hydrogen (secondary N) is 1. The summed E-state index contributed by atoms with van der Waals surface area (Å²) in [4.78, 5) is 29.2. The number of hydrogen-bond donors (Lipinski definition) is 2. The molecule has 144 valence electrons. The molecule has 2 aromatic carbocycles. The molecule has 0 saturated carbocycles. The molecule has 2 heterocycles. The van der Waals surface area contributed by atoms with E-state index in [9.17, 15) is 14.7 Å². The van der Waals surface area contributed by atoms with E-state index in [1.54, 1.807) is 24.3 Å². The van der Waals surface area contributed by atoms with E-state index in [0.29, 0.717) is 10.8 Å². The van der Waals surface area contributed by atoms with Crippen LogP contribution in [-0.2, 0) is 0 Å². The van der Waals surface area contributed by atoms with Gasteiger partial charge >= 0.3 is 0 Å². The van der Waals surface area contributed by atoms with Crippen molar-refractivity contribution in [1.29, 1.82) is 0 Å². The number of carbonyl (C=O) groups excluding carboxylic acids is 1. The summed E-state index contributed by atoms with van der Waals surface area (Å²) in [5, 5.41) is 18.9. The summed E-state index contributed by atoms with van der Waals surface area (Å²) in [6.45, 7) is 0. The smallest absolute Gasteiger partial charge is 0.281 e. The second-order valence-corrected chi connectivity index (χ2v) is 7.74. The molecule has 1 amide bonds. The molecule has 7 nitrogen and oxygen atoms in total. The Kier molecular flexibility index (Phi) is 5.24. The second-order valence-electron chi connectivity index (χ2n) is 5.96. The van der Waals surface area contributed by atoms with Crippen LogP contribution in [0.25, 0.3) is 16.9 Å². The van der Waals surface area contributed by atoms with Crippen LogP contribution in [0.4, 0.5) is 5.13 Å². The Balaban J connectivity index is 1.62. The molecule has 2 aromatic heterocycles. The summed E-state index contributed by atoms with van der Waals surface area (Å²) in [6, 6.07) is 17.3. The Hall–Kier alpha value is -3.30. The molecule has 0 fully saturated rings. The van der Waals surface area contributed by atoms with Crippen LogP contribution in [0.5, 0.6) is 5.75 Å². The van der Waals surface area contributed by atoms with Gasteiger partial charge in [0.2, 0.25) is 0 Å². The molecule has 0 radical (unpaired) electrons.